The fourth-order valence-corrected chi connectivity index (χ4v) is 5.16. The van der Waals surface area contributed by atoms with E-state index < -0.39 is 12.3 Å². The molecule has 1 heterocycles. The minimum Gasteiger partial charge on any atom is -0.429 e. The van der Waals surface area contributed by atoms with Gasteiger partial charge < -0.3 is 9.84 Å². The molecule has 3 rings (SSSR count). The normalized spacial score (nSPS) is 42.3. The summed E-state index contributed by atoms with van der Waals surface area (Å²) in [5.74, 6) is 0.580. The number of esters is 1. The van der Waals surface area contributed by atoms with Gasteiger partial charge in [0, 0.05) is 18.1 Å². The van der Waals surface area contributed by atoms with Gasteiger partial charge in [-0.05, 0) is 61.3 Å². The zero-order valence-electron chi connectivity index (χ0n) is 15.1. The van der Waals surface area contributed by atoms with Crippen molar-refractivity contribution in [3.8, 4) is 0 Å². The Bertz CT molecular complexity index is 632. The lowest BCUT2D eigenvalue weighted by molar-refractivity contribution is -0.151. The van der Waals surface area contributed by atoms with Crippen molar-refractivity contribution in [1.29, 1.82) is 0 Å². The van der Waals surface area contributed by atoms with E-state index in [2.05, 4.69) is 27.7 Å². The van der Waals surface area contributed by atoms with Crippen molar-refractivity contribution in [3.05, 3.63) is 23.3 Å². The molecule has 0 spiro atoms. The van der Waals surface area contributed by atoms with Gasteiger partial charge in [0.2, 0.25) is 6.29 Å². The highest BCUT2D eigenvalue weighted by Gasteiger charge is 2.54. The molecule has 1 fully saturated rings. The molecule has 0 aromatic rings. The third-order valence-corrected chi connectivity index (χ3v) is 7.27. The Balaban J connectivity index is 1.86. The Morgan fingerprint density at radius 2 is 2.00 bits per heavy atom. The number of allylic oxidation sites excluding steroid dienone is 2. The molecule has 0 aromatic heterocycles. The molecule has 0 saturated heterocycles. The molecule has 0 amide bonds. The zero-order chi connectivity index (χ0) is 17.7. The van der Waals surface area contributed by atoms with Crippen LogP contribution in [0.3, 0.4) is 0 Å². The summed E-state index contributed by atoms with van der Waals surface area (Å²) in [4.78, 5) is 23.5. The predicted molar refractivity (Wildman–Crippen MR) is 90.9 cm³/mol. The minimum atomic E-state index is -1.10. The minimum absolute atomic E-state index is 0.00434. The van der Waals surface area contributed by atoms with Crippen LogP contribution in [0.4, 0.5) is 0 Å². The Kier molecular flexibility index (Phi) is 4.23. The van der Waals surface area contributed by atoms with E-state index in [4.69, 9.17) is 4.74 Å². The van der Waals surface area contributed by atoms with Crippen LogP contribution in [-0.2, 0) is 14.3 Å². The smallest absolute Gasteiger partial charge is 0.333 e. The Labute approximate surface area is 144 Å². The summed E-state index contributed by atoms with van der Waals surface area (Å²) in [5, 5.41) is 9.83. The second-order valence-electron chi connectivity index (χ2n) is 8.42. The van der Waals surface area contributed by atoms with E-state index in [1.807, 2.05) is 6.08 Å². The first kappa shape index (κ1) is 17.4. The average Bonchev–Trinajstić information content (AvgIpc) is 2.83. The number of aliphatic hydroxyl groups is 1. The predicted octanol–water partition coefficient (Wildman–Crippen LogP) is 3.55. The number of hydrogen-bond acceptors (Lipinski definition) is 4. The number of ketones is 1. The first-order valence-corrected chi connectivity index (χ1v) is 8.97. The maximum absolute atomic E-state index is 12.2. The van der Waals surface area contributed by atoms with Crippen molar-refractivity contribution in [2.75, 3.05) is 0 Å². The highest BCUT2D eigenvalue weighted by Crippen LogP contribution is 2.61. The second-order valence-corrected chi connectivity index (χ2v) is 8.42. The number of cyclic esters (lactones) is 1. The summed E-state index contributed by atoms with van der Waals surface area (Å²) in [6.45, 7) is 8.96. The summed E-state index contributed by atoms with van der Waals surface area (Å²) >= 11 is 0. The number of hydrogen-bond donors (Lipinski definition) is 1. The van der Waals surface area contributed by atoms with Gasteiger partial charge in [-0.2, -0.15) is 0 Å². The molecule has 1 saturated carbocycles. The molecule has 2 aliphatic carbocycles. The van der Waals surface area contributed by atoms with E-state index in [1.165, 1.54) is 11.6 Å². The van der Waals surface area contributed by atoms with E-state index >= 15 is 0 Å². The van der Waals surface area contributed by atoms with Gasteiger partial charge in [0.25, 0.3) is 0 Å². The second kappa shape index (κ2) is 5.83. The molecule has 4 nitrogen and oxygen atoms in total. The monoisotopic (exact) mass is 332 g/mol. The topological polar surface area (TPSA) is 63.6 Å². The molecule has 0 bridgehead atoms. The van der Waals surface area contributed by atoms with Crippen LogP contribution >= 0.6 is 0 Å². The summed E-state index contributed by atoms with van der Waals surface area (Å²) in [6.07, 6.45) is 6.51. The van der Waals surface area contributed by atoms with Crippen molar-refractivity contribution >= 4 is 11.8 Å². The molecule has 1 N–H and O–H groups in total. The lowest BCUT2D eigenvalue weighted by Crippen LogP contribution is -2.51. The van der Waals surface area contributed by atoms with Crippen LogP contribution in [0, 0.1) is 22.7 Å². The highest BCUT2D eigenvalue weighted by molar-refractivity contribution is 5.92. The highest BCUT2D eigenvalue weighted by atomic mass is 16.6. The molecule has 1 unspecified atom stereocenters. The van der Waals surface area contributed by atoms with Crippen molar-refractivity contribution in [3.63, 3.8) is 0 Å². The lowest BCUT2D eigenvalue weighted by Gasteiger charge is -2.57. The van der Waals surface area contributed by atoms with Gasteiger partial charge in [-0.15, -0.1) is 0 Å². The molecule has 132 valence electrons. The molecule has 24 heavy (non-hydrogen) atoms. The van der Waals surface area contributed by atoms with Crippen LogP contribution in [-0.4, -0.2) is 23.1 Å². The van der Waals surface area contributed by atoms with Gasteiger partial charge in [-0.1, -0.05) is 26.3 Å². The van der Waals surface area contributed by atoms with Crippen molar-refractivity contribution in [2.45, 2.75) is 66.1 Å². The largest absolute Gasteiger partial charge is 0.429 e. The Morgan fingerprint density at radius 1 is 1.29 bits per heavy atom. The number of fused-ring (bicyclic) bond motifs is 1. The Morgan fingerprint density at radius 3 is 2.62 bits per heavy atom. The van der Waals surface area contributed by atoms with Gasteiger partial charge in [0.05, 0.1) is 0 Å². The van der Waals surface area contributed by atoms with Crippen LogP contribution in [0.2, 0.25) is 0 Å². The fraction of sp³-hybridized carbons (Fsp3) is 0.700. The van der Waals surface area contributed by atoms with E-state index in [0.29, 0.717) is 30.3 Å². The Hall–Kier alpha value is -1.42. The summed E-state index contributed by atoms with van der Waals surface area (Å²) in [5.41, 5.74) is 1.95. The maximum Gasteiger partial charge on any atom is 0.333 e. The molecule has 4 heteroatoms. The summed E-state index contributed by atoms with van der Waals surface area (Å²) < 4.78 is 4.79. The molecular formula is C20H28O4. The summed E-state index contributed by atoms with van der Waals surface area (Å²) in [6, 6.07) is 0. The third-order valence-electron chi connectivity index (χ3n) is 7.27. The van der Waals surface area contributed by atoms with Crippen molar-refractivity contribution in [2.24, 2.45) is 22.7 Å². The lowest BCUT2D eigenvalue weighted by atomic mass is 9.47. The molecule has 5 atom stereocenters. The van der Waals surface area contributed by atoms with Crippen LogP contribution < -0.4 is 0 Å². The van der Waals surface area contributed by atoms with Gasteiger partial charge >= 0.3 is 5.97 Å². The fourth-order valence-electron chi connectivity index (χ4n) is 5.16. The summed E-state index contributed by atoms with van der Waals surface area (Å²) in [7, 11) is 0. The number of ether oxygens (including phenoxy) is 1. The number of carbonyl (C=O) groups is 2. The molecule has 0 aromatic carbocycles. The number of carbonyl (C=O) groups excluding carboxylic acids is 2. The van der Waals surface area contributed by atoms with Crippen molar-refractivity contribution < 1.29 is 19.4 Å². The molecule has 1 aliphatic heterocycles. The van der Waals surface area contributed by atoms with E-state index in [-0.39, 0.29) is 16.6 Å². The van der Waals surface area contributed by atoms with Crippen LogP contribution in [0.5, 0.6) is 0 Å². The van der Waals surface area contributed by atoms with Crippen LogP contribution in [0.15, 0.2) is 23.3 Å². The van der Waals surface area contributed by atoms with E-state index in [1.54, 1.807) is 0 Å². The van der Waals surface area contributed by atoms with Gasteiger partial charge in [-0.3, -0.25) is 4.79 Å². The molecule has 0 radical (unpaired) electrons. The standard InChI is InChI=1S/C20H28O4/c1-12-5-7-20(4)13(2)9-15(21)11-16(20)19(12,3)8-6-14-10-17(22)24-18(14)23/h9-10,12,16,18,23H,5-8,11H2,1-4H3/t12-,16-,18?,19+,20+/m0/s1. The van der Waals surface area contributed by atoms with Gasteiger partial charge in [0.1, 0.15) is 0 Å². The van der Waals surface area contributed by atoms with Crippen LogP contribution in [0.25, 0.3) is 0 Å². The zero-order valence-corrected chi connectivity index (χ0v) is 15.1. The quantitative estimate of drug-likeness (QED) is 0.803. The van der Waals surface area contributed by atoms with Gasteiger partial charge in [-0.25, -0.2) is 4.79 Å². The van der Waals surface area contributed by atoms with Crippen LogP contribution in [0.1, 0.15) is 59.8 Å². The number of aliphatic hydroxyl groups excluding tert-OH is 1. The average molecular weight is 332 g/mol. The maximum atomic E-state index is 12.2. The number of rotatable bonds is 3. The molecular weight excluding hydrogens is 304 g/mol. The van der Waals surface area contributed by atoms with Crippen molar-refractivity contribution in [1.82, 2.24) is 0 Å². The van der Waals surface area contributed by atoms with E-state index in [0.717, 1.165) is 19.3 Å². The van der Waals surface area contributed by atoms with Gasteiger partial charge in [0.15, 0.2) is 5.78 Å². The first-order valence-electron chi connectivity index (χ1n) is 8.97. The molecule has 3 aliphatic rings. The third kappa shape index (κ3) is 2.65. The SMILES string of the molecule is CC1=CC(=O)C[C@H]2[C@](C)(CCC3=CC(=O)OC3O)[C@@H](C)CC[C@]12C. The first-order chi connectivity index (χ1) is 11.2. The van der Waals surface area contributed by atoms with E-state index in [9.17, 15) is 14.7 Å².